The highest BCUT2D eigenvalue weighted by molar-refractivity contribution is 7.92. The minimum Gasteiger partial charge on any atom is -0.326 e. The van der Waals surface area contributed by atoms with Gasteiger partial charge in [-0.2, -0.15) is 0 Å². The van der Waals surface area contributed by atoms with Crippen LogP contribution < -0.4 is 10.0 Å². The van der Waals surface area contributed by atoms with Crippen LogP contribution in [0, 0.1) is 13.8 Å². The molecule has 0 radical (unpaired) electrons. The van der Waals surface area contributed by atoms with Crippen LogP contribution >= 0.6 is 0 Å². The summed E-state index contributed by atoms with van der Waals surface area (Å²) in [6.45, 7) is 5.99. The number of anilines is 2. The van der Waals surface area contributed by atoms with Crippen LogP contribution in [0.25, 0.3) is 0 Å². The number of aryl methyl sites for hydroxylation is 2. The molecule has 1 amide bonds. The van der Waals surface area contributed by atoms with Gasteiger partial charge in [-0.05, 0) is 56.2 Å². The third kappa shape index (κ3) is 6.68. The minimum atomic E-state index is -3.68. The Morgan fingerprint density at radius 2 is 1.61 bits per heavy atom. The second-order valence-electron chi connectivity index (χ2n) is 7.16. The zero-order valence-electron chi connectivity index (χ0n) is 16.9. The molecule has 0 aliphatic heterocycles. The summed E-state index contributed by atoms with van der Waals surface area (Å²) in [4.78, 5) is 12.1. The molecule has 0 spiro atoms. The first-order valence-corrected chi connectivity index (χ1v) is 11.3. The van der Waals surface area contributed by atoms with Gasteiger partial charge < -0.3 is 5.32 Å². The summed E-state index contributed by atoms with van der Waals surface area (Å²) in [5.41, 5.74) is 3.10. The maximum absolute atomic E-state index is 12.6. The fourth-order valence-corrected chi connectivity index (χ4v) is 4.09. The van der Waals surface area contributed by atoms with E-state index < -0.39 is 10.0 Å². The zero-order valence-corrected chi connectivity index (χ0v) is 17.7. The number of nitrogens with one attached hydrogen (secondary N) is 2. The molecule has 2 rings (SSSR count). The van der Waals surface area contributed by atoms with Gasteiger partial charge in [0.15, 0.2) is 0 Å². The van der Waals surface area contributed by atoms with Gasteiger partial charge >= 0.3 is 0 Å². The van der Waals surface area contributed by atoms with Gasteiger partial charge in [0.05, 0.1) is 10.6 Å². The van der Waals surface area contributed by atoms with Gasteiger partial charge in [0.1, 0.15) is 0 Å². The lowest BCUT2D eigenvalue weighted by atomic mass is 10.1. The summed E-state index contributed by atoms with van der Waals surface area (Å²) in [6, 6.07) is 11.8. The number of carbonyl (C=O) groups is 1. The lowest BCUT2D eigenvalue weighted by molar-refractivity contribution is -0.116. The van der Waals surface area contributed by atoms with Gasteiger partial charge in [0.2, 0.25) is 5.91 Å². The van der Waals surface area contributed by atoms with Crippen LogP contribution in [0.15, 0.2) is 47.4 Å². The number of carbonyl (C=O) groups excluding carboxylic acids is 1. The Morgan fingerprint density at radius 3 is 2.25 bits per heavy atom. The number of hydrogen-bond acceptors (Lipinski definition) is 3. The lowest BCUT2D eigenvalue weighted by Crippen LogP contribution is -2.14. The van der Waals surface area contributed by atoms with E-state index in [9.17, 15) is 13.2 Å². The molecule has 28 heavy (non-hydrogen) atoms. The fraction of sp³-hybridized carbons (Fsp3) is 0.409. The average Bonchev–Trinajstić information content (AvgIpc) is 2.64. The summed E-state index contributed by atoms with van der Waals surface area (Å²) >= 11 is 0. The third-order valence-electron chi connectivity index (χ3n) is 4.58. The molecule has 2 aromatic rings. The predicted octanol–water partition coefficient (Wildman–Crippen LogP) is 5.40. The molecule has 0 fully saturated rings. The smallest absolute Gasteiger partial charge is 0.261 e. The Bertz CT molecular complexity index is 890. The SMILES string of the molecule is CCCCCCCC(=O)Nc1ccc(S(=O)(=O)Nc2ccc(C)cc2C)cc1. The van der Waals surface area contributed by atoms with Crippen molar-refractivity contribution >= 4 is 27.3 Å². The van der Waals surface area contributed by atoms with E-state index in [0.717, 1.165) is 30.4 Å². The van der Waals surface area contributed by atoms with Crippen molar-refractivity contribution < 1.29 is 13.2 Å². The standard InChI is InChI=1S/C22H30N2O3S/c1-4-5-6-7-8-9-22(25)23-19-11-13-20(14-12-19)28(26,27)24-21-15-10-17(2)16-18(21)3/h10-16,24H,4-9H2,1-3H3,(H,23,25). The first-order chi connectivity index (χ1) is 13.3. The Balaban J connectivity index is 1.94. The summed E-state index contributed by atoms with van der Waals surface area (Å²) in [5.74, 6) is -0.0412. The Morgan fingerprint density at radius 1 is 0.929 bits per heavy atom. The first-order valence-electron chi connectivity index (χ1n) is 9.82. The zero-order chi connectivity index (χ0) is 20.6. The van der Waals surface area contributed by atoms with E-state index in [1.807, 2.05) is 26.0 Å². The van der Waals surface area contributed by atoms with Crippen molar-refractivity contribution in [2.75, 3.05) is 10.0 Å². The van der Waals surface area contributed by atoms with Crippen LogP contribution in [0.1, 0.15) is 56.6 Å². The van der Waals surface area contributed by atoms with Gasteiger partial charge in [-0.1, -0.05) is 50.3 Å². The molecule has 152 valence electrons. The van der Waals surface area contributed by atoms with Crippen molar-refractivity contribution in [3.8, 4) is 0 Å². The molecule has 0 saturated heterocycles. The topological polar surface area (TPSA) is 75.3 Å². The summed E-state index contributed by atoms with van der Waals surface area (Å²) in [6.07, 6.45) is 5.95. The molecule has 5 nitrogen and oxygen atoms in total. The first kappa shape index (κ1) is 22.0. The molecule has 0 heterocycles. The fourth-order valence-electron chi connectivity index (χ4n) is 2.96. The molecule has 0 saturated carbocycles. The molecule has 0 aliphatic rings. The van der Waals surface area contributed by atoms with E-state index in [1.165, 1.54) is 25.0 Å². The number of unbranched alkanes of at least 4 members (excludes halogenated alkanes) is 4. The Kier molecular flexibility index (Phi) is 8.05. The second-order valence-corrected chi connectivity index (χ2v) is 8.84. The van der Waals surface area contributed by atoms with Crippen LogP contribution in [0.3, 0.4) is 0 Å². The number of benzene rings is 2. The van der Waals surface area contributed by atoms with Gasteiger partial charge in [-0.15, -0.1) is 0 Å². The summed E-state index contributed by atoms with van der Waals surface area (Å²) < 4.78 is 27.8. The highest BCUT2D eigenvalue weighted by Crippen LogP contribution is 2.22. The molecule has 2 N–H and O–H groups in total. The van der Waals surface area contributed by atoms with E-state index in [4.69, 9.17) is 0 Å². The van der Waals surface area contributed by atoms with Crippen molar-refractivity contribution in [1.82, 2.24) is 0 Å². The molecule has 0 aromatic heterocycles. The number of sulfonamides is 1. The molecule has 2 aromatic carbocycles. The quantitative estimate of drug-likeness (QED) is 0.522. The lowest BCUT2D eigenvalue weighted by Gasteiger charge is -2.12. The largest absolute Gasteiger partial charge is 0.326 e. The molecular weight excluding hydrogens is 372 g/mol. The van der Waals surface area contributed by atoms with Crippen molar-refractivity contribution in [1.29, 1.82) is 0 Å². The molecule has 0 unspecified atom stereocenters. The van der Waals surface area contributed by atoms with Crippen molar-refractivity contribution in [3.05, 3.63) is 53.6 Å². The van der Waals surface area contributed by atoms with E-state index in [1.54, 1.807) is 18.2 Å². The molecule has 6 heteroatoms. The number of hydrogen-bond donors (Lipinski definition) is 2. The predicted molar refractivity (Wildman–Crippen MR) is 115 cm³/mol. The van der Waals surface area contributed by atoms with Gasteiger partial charge in [-0.3, -0.25) is 9.52 Å². The summed E-state index contributed by atoms with van der Waals surface area (Å²) in [7, 11) is -3.68. The van der Waals surface area contributed by atoms with E-state index in [2.05, 4.69) is 17.0 Å². The normalized spacial score (nSPS) is 11.2. The molecule has 0 aliphatic carbocycles. The molecule has 0 bridgehead atoms. The van der Waals surface area contributed by atoms with Crippen LogP contribution in [-0.4, -0.2) is 14.3 Å². The number of amides is 1. The maximum Gasteiger partial charge on any atom is 0.261 e. The van der Waals surface area contributed by atoms with Crippen LogP contribution in [0.4, 0.5) is 11.4 Å². The Labute approximate surface area is 168 Å². The highest BCUT2D eigenvalue weighted by atomic mass is 32.2. The van der Waals surface area contributed by atoms with Gasteiger partial charge in [-0.25, -0.2) is 8.42 Å². The minimum absolute atomic E-state index is 0.0412. The van der Waals surface area contributed by atoms with Crippen molar-refractivity contribution in [2.24, 2.45) is 0 Å². The second kappa shape index (κ2) is 10.3. The monoisotopic (exact) mass is 402 g/mol. The number of rotatable bonds is 10. The van der Waals surface area contributed by atoms with Gasteiger partial charge in [0, 0.05) is 12.1 Å². The van der Waals surface area contributed by atoms with Gasteiger partial charge in [0.25, 0.3) is 10.0 Å². The van der Waals surface area contributed by atoms with Crippen molar-refractivity contribution in [3.63, 3.8) is 0 Å². The van der Waals surface area contributed by atoms with Crippen LogP contribution in [0.5, 0.6) is 0 Å². The highest BCUT2D eigenvalue weighted by Gasteiger charge is 2.15. The van der Waals surface area contributed by atoms with E-state index >= 15 is 0 Å². The maximum atomic E-state index is 12.6. The Hall–Kier alpha value is -2.34. The summed E-state index contributed by atoms with van der Waals surface area (Å²) in [5, 5.41) is 2.82. The molecule has 0 atom stereocenters. The van der Waals surface area contributed by atoms with Crippen molar-refractivity contribution in [2.45, 2.75) is 64.2 Å². The van der Waals surface area contributed by atoms with Crippen LogP contribution in [0.2, 0.25) is 0 Å². The average molecular weight is 403 g/mol. The third-order valence-corrected chi connectivity index (χ3v) is 5.96. The van der Waals surface area contributed by atoms with E-state index in [-0.39, 0.29) is 10.8 Å². The van der Waals surface area contributed by atoms with E-state index in [0.29, 0.717) is 17.8 Å². The molecular formula is C22H30N2O3S. The van der Waals surface area contributed by atoms with Crippen LogP contribution in [-0.2, 0) is 14.8 Å².